The molecule has 0 radical (unpaired) electrons. The normalized spacial score (nSPS) is 19.8. The molecule has 1 amide bonds. The Balaban J connectivity index is 2.47. The number of phenols is 1. The number of rotatable bonds is 1. The van der Waals surface area contributed by atoms with E-state index in [1.165, 1.54) is 6.07 Å². The second kappa shape index (κ2) is 4.16. The Morgan fingerprint density at radius 2 is 2.24 bits per heavy atom. The molecular weight excluding hydrogens is 223 g/mol. The molecule has 2 N–H and O–H groups in total. The average Bonchev–Trinajstić information content (AvgIpc) is 2.24. The van der Waals surface area contributed by atoms with Crippen molar-refractivity contribution in [2.24, 2.45) is 11.0 Å². The van der Waals surface area contributed by atoms with Gasteiger partial charge in [-0.25, -0.2) is 9.82 Å². The summed E-state index contributed by atoms with van der Waals surface area (Å²) in [4.78, 5) is 11.1. The van der Waals surface area contributed by atoms with Crippen LogP contribution in [-0.4, -0.2) is 16.7 Å². The first-order chi connectivity index (χ1) is 7.99. The van der Waals surface area contributed by atoms with E-state index in [4.69, 9.17) is 0 Å². The number of phenolic OH excluding ortho intramolecular Hbond substituents is 1. The number of hydrazone groups is 1. The van der Waals surface area contributed by atoms with Crippen LogP contribution in [0.1, 0.15) is 24.5 Å². The van der Waals surface area contributed by atoms with Gasteiger partial charge in [0.25, 0.3) is 0 Å². The van der Waals surface area contributed by atoms with Gasteiger partial charge in [0.15, 0.2) is 0 Å². The number of aryl methyl sites for hydroxylation is 1. The summed E-state index contributed by atoms with van der Waals surface area (Å²) in [7, 11) is 0. The average molecular weight is 236 g/mol. The maximum absolute atomic E-state index is 13.7. The Bertz CT molecular complexity index is 511. The van der Waals surface area contributed by atoms with E-state index < -0.39 is 5.82 Å². The summed E-state index contributed by atoms with van der Waals surface area (Å²) >= 11 is 0. The largest absolute Gasteiger partial charge is 0.508 e. The Labute approximate surface area is 98.2 Å². The number of nitrogens with one attached hydrogen (secondary N) is 1. The monoisotopic (exact) mass is 236 g/mol. The van der Waals surface area contributed by atoms with Crippen LogP contribution in [-0.2, 0) is 4.79 Å². The summed E-state index contributed by atoms with van der Waals surface area (Å²) < 4.78 is 13.7. The third-order valence-corrected chi connectivity index (χ3v) is 2.82. The molecule has 1 aromatic rings. The minimum Gasteiger partial charge on any atom is -0.508 e. The number of hydrogen-bond donors (Lipinski definition) is 2. The van der Waals surface area contributed by atoms with Crippen LogP contribution in [0, 0.1) is 18.7 Å². The molecule has 1 aliphatic rings. The van der Waals surface area contributed by atoms with Crippen molar-refractivity contribution in [3.05, 3.63) is 29.1 Å². The Morgan fingerprint density at radius 3 is 2.88 bits per heavy atom. The zero-order valence-corrected chi connectivity index (χ0v) is 9.62. The fourth-order valence-electron chi connectivity index (χ4n) is 1.85. The number of amides is 1. The van der Waals surface area contributed by atoms with Gasteiger partial charge in [0.1, 0.15) is 11.6 Å². The number of hydrogen-bond acceptors (Lipinski definition) is 3. The van der Waals surface area contributed by atoms with Gasteiger partial charge in [0, 0.05) is 24.0 Å². The Hall–Kier alpha value is -1.91. The lowest BCUT2D eigenvalue weighted by molar-refractivity contribution is -0.121. The predicted octanol–water partition coefficient (Wildman–Crippen LogP) is 1.70. The van der Waals surface area contributed by atoms with Crippen LogP contribution in [0.5, 0.6) is 5.75 Å². The highest BCUT2D eigenvalue weighted by atomic mass is 19.1. The van der Waals surface area contributed by atoms with E-state index in [1.807, 2.05) is 6.92 Å². The van der Waals surface area contributed by atoms with E-state index in [9.17, 15) is 14.3 Å². The Morgan fingerprint density at radius 1 is 1.53 bits per heavy atom. The standard InChI is InChI=1S/C12H13FN2O2/c1-6-3-8(9(13)5-10(6)16)12-7(2)4-11(17)14-15-12/h3,5,7,16H,4H2,1-2H3,(H,14,17). The quantitative estimate of drug-likeness (QED) is 0.779. The van der Waals surface area contributed by atoms with Crippen molar-refractivity contribution < 1.29 is 14.3 Å². The van der Waals surface area contributed by atoms with Gasteiger partial charge in [-0.15, -0.1) is 0 Å². The molecule has 0 spiro atoms. The third kappa shape index (κ3) is 2.13. The molecule has 5 heteroatoms. The molecule has 1 atom stereocenters. The number of carbonyl (C=O) groups is 1. The fourth-order valence-corrected chi connectivity index (χ4v) is 1.85. The molecule has 1 unspecified atom stereocenters. The zero-order chi connectivity index (χ0) is 12.6. The molecule has 1 aromatic carbocycles. The maximum Gasteiger partial charge on any atom is 0.240 e. The molecule has 2 rings (SSSR count). The molecule has 0 bridgehead atoms. The zero-order valence-electron chi connectivity index (χ0n) is 9.62. The van der Waals surface area contributed by atoms with E-state index >= 15 is 0 Å². The highest BCUT2D eigenvalue weighted by Crippen LogP contribution is 2.25. The van der Waals surface area contributed by atoms with Crippen molar-refractivity contribution in [2.75, 3.05) is 0 Å². The van der Waals surface area contributed by atoms with E-state index in [2.05, 4.69) is 10.5 Å². The van der Waals surface area contributed by atoms with Crippen LogP contribution in [0.4, 0.5) is 4.39 Å². The lowest BCUT2D eigenvalue weighted by atomic mass is 9.93. The third-order valence-electron chi connectivity index (χ3n) is 2.82. The minimum absolute atomic E-state index is 0.0839. The van der Waals surface area contributed by atoms with Crippen molar-refractivity contribution in [1.29, 1.82) is 0 Å². The highest BCUT2D eigenvalue weighted by Gasteiger charge is 2.24. The lowest BCUT2D eigenvalue weighted by Gasteiger charge is -2.20. The van der Waals surface area contributed by atoms with E-state index in [-0.39, 0.29) is 24.0 Å². The Kier molecular flexibility index (Phi) is 2.83. The summed E-state index contributed by atoms with van der Waals surface area (Å²) in [5.74, 6) is -0.923. The van der Waals surface area contributed by atoms with Crippen LogP contribution in [0.3, 0.4) is 0 Å². The first kappa shape index (κ1) is 11.6. The molecule has 0 saturated heterocycles. The van der Waals surface area contributed by atoms with Gasteiger partial charge >= 0.3 is 0 Å². The van der Waals surface area contributed by atoms with Crippen LogP contribution in [0.15, 0.2) is 17.2 Å². The van der Waals surface area contributed by atoms with E-state index in [0.717, 1.165) is 6.07 Å². The van der Waals surface area contributed by atoms with Gasteiger partial charge in [0.2, 0.25) is 5.91 Å². The van der Waals surface area contributed by atoms with Crippen LogP contribution in [0.25, 0.3) is 0 Å². The number of carbonyl (C=O) groups excluding carboxylic acids is 1. The topological polar surface area (TPSA) is 61.7 Å². The first-order valence-corrected chi connectivity index (χ1v) is 5.35. The van der Waals surface area contributed by atoms with Crippen molar-refractivity contribution >= 4 is 11.6 Å². The van der Waals surface area contributed by atoms with Crippen LogP contribution >= 0.6 is 0 Å². The molecular formula is C12H13FN2O2. The van der Waals surface area contributed by atoms with E-state index in [1.54, 1.807) is 6.92 Å². The van der Waals surface area contributed by atoms with Crippen LogP contribution in [0.2, 0.25) is 0 Å². The van der Waals surface area contributed by atoms with Crippen molar-refractivity contribution in [1.82, 2.24) is 5.43 Å². The maximum atomic E-state index is 13.7. The van der Waals surface area contributed by atoms with Gasteiger partial charge in [-0.05, 0) is 18.6 Å². The summed E-state index contributed by atoms with van der Waals surface area (Å²) in [5.41, 5.74) is 3.75. The molecule has 17 heavy (non-hydrogen) atoms. The molecule has 1 aliphatic heterocycles. The summed E-state index contributed by atoms with van der Waals surface area (Å²) in [6.45, 7) is 3.50. The summed E-state index contributed by atoms with van der Waals surface area (Å²) in [5, 5.41) is 13.3. The van der Waals surface area contributed by atoms with Gasteiger partial charge in [0.05, 0.1) is 5.71 Å². The summed E-state index contributed by atoms with van der Waals surface area (Å²) in [6.07, 6.45) is 0.290. The number of nitrogens with zero attached hydrogens (tertiary/aromatic N) is 1. The number of halogens is 1. The fraction of sp³-hybridized carbons (Fsp3) is 0.333. The molecule has 4 nitrogen and oxygen atoms in total. The number of benzene rings is 1. The number of aromatic hydroxyl groups is 1. The molecule has 0 fully saturated rings. The second-order valence-corrected chi connectivity index (χ2v) is 4.26. The molecule has 90 valence electrons. The van der Waals surface area contributed by atoms with Gasteiger partial charge in [-0.1, -0.05) is 6.92 Å². The predicted molar refractivity (Wildman–Crippen MR) is 61.3 cm³/mol. The van der Waals surface area contributed by atoms with Gasteiger partial charge in [-0.3, -0.25) is 4.79 Å². The second-order valence-electron chi connectivity index (χ2n) is 4.26. The molecule has 0 aromatic heterocycles. The first-order valence-electron chi connectivity index (χ1n) is 5.35. The smallest absolute Gasteiger partial charge is 0.240 e. The molecule has 1 heterocycles. The minimum atomic E-state index is -0.533. The molecule has 0 saturated carbocycles. The van der Waals surface area contributed by atoms with Crippen LogP contribution < -0.4 is 5.43 Å². The van der Waals surface area contributed by atoms with Crippen molar-refractivity contribution in [2.45, 2.75) is 20.3 Å². The molecule has 0 aliphatic carbocycles. The van der Waals surface area contributed by atoms with Gasteiger partial charge < -0.3 is 5.11 Å². The highest BCUT2D eigenvalue weighted by molar-refractivity contribution is 6.06. The van der Waals surface area contributed by atoms with Gasteiger partial charge in [-0.2, -0.15) is 5.10 Å². The van der Waals surface area contributed by atoms with Crippen molar-refractivity contribution in [3.63, 3.8) is 0 Å². The SMILES string of the molecule is Cc1cc(C2=NNC(=O)CC2C)c(F)cc1O. The summed E-state index contributed by atoms with van der Waals surface area (Å²) in [6, 6.07) is 2.60. The van der Waals surface area contributed by atoms with Crippen molar-refractivity contribution in [3.8, 4) is 5.75 Å². The lowest BCUT2D eigenvalue weighted by Crippen LogP contribution is -2.32. The van der Waals surface area contributed by atoms with E-state index in [0.29, 0.717) is 16.8 Å².